The number of nitrogens with zero attached hydrogens (tertiary/aromatic N) is 3. The second-order valence-electron chi connectivity index (χ2n) is 4.90. The maximum atomic E-state index is 13.0. The molecular weight excluding hydrogens is 311 g/mol. The first-order chi connectivity index (χ1) is 10.8. The number of benzene rings is 1. The third-order valence-electron chi connectivity index (χ3n) is 3.53. The fourth-order valence-corrected chi connectivity index (χ4v) is 2.35. The molecule has 0 aliphatic heterocycles. The molecule has 1 aromatic heterocycles. The van der Waals surface area contributed by atoms with Gasteiger partial charge >= 0.3 is 6.18 Å². The van der Waals surface area contributed by atoms with Crippen molar-refractivity contribution in [3.63, 3.8) is 0 Å². The molecule has 5 nitrogen and oxygen atoms in total. The van der Waals surface area contributed by atoms with Crippen LogP contribution in [0.5, 0.6) is 0 Å². The molecule has 0 bridgehead atoms. The second-order valence-corrected chi connectivity index (χ2v) is 4.90. The molecule has 0 fully saturated rings. The summed E-state index contributed by atoms with van der Waals surface area (Å²) >= 11 is 0. The molecule has 124 valence electrons. The van der Waals surface area contributed by atoms with Gasteiger partial charge in [-0.25, -0.2) is 4.98 Å². The van der Waals surface area contributed by atoms with E-state index in [9.17, 15) is 22.8 Å². The van der Waals surface area contributed by atoms with E-state index in [4.69, 9.17) is 0 Å². The quantitative estimate of drug-likeness (QED) is 0.866. The molecule has 0 saturated heterocycles. The highest BCUT2D eigenvalue weighted by molar-refractivity contribution is 5.80. The van der Waals surface area contributed by atoms with Gasteiger partial charge < -0.3 is 4.90 Å². The number of fused-ring (bicyclic) bond motifs is 1. The zero-order valence-electron chi connectivity index (χ0n) is 12.7. The van der Waals surface area contributed by atoms with E-state index in [0.717, 1.165) is 4.57 Å². The van der Waals surface area contributed by atoms with E-state index >= 15 is 0 Å². The predicted molar refractivity (Wildman–Crippen MR) is 78.9 cm³/mol. The van der Waals surface area contributed by atoms with Gasteiger partial charge in [-0.2, -0.15) is 13.2 Å². The van der Waals surface area contributed by atoms with Gasteiger partial charge in [-0.05, 0) is 26.0 Å². The minimum absolute atomic E-state index is 0.0202. The summed E-state index contributed by atoms with van der Waals surface area (Å²) < 4.78 is 39.9. The minimum Gasteiger partial charge on any atom is -0.342 e. The Morgan fingerprint density at radius 1 is 1.22 bits per heavy atom. The van der Waals surface area contributed by atoms with Gasteiger partial charge in [-0.15, -0.1) is 0 Å². The first-order valence-electron chi connectivity index (χ1n) is 7.14. The normalized spacial score (nSPS) is 11.7. The highest BCUT2D eigenvalue weighted by Crippen LogP contribution is 2.26. The zero-order valence-corrected chi connectivity index (χ0v) is 12.7. The lowest BCUT2D eigenvalue weighted by Gasteiger charge is -2.20. The van der Waals surface area contributed by atoms with E-state index in [1.165, 1.54) is 23.1 Å². The Morgan fingerprint density at radius 2 is 1.83 bits per heavy atom. The van der Waals surface area contributed by atoms with Gasteiger partial charge in [0.25, 0.3) is 5.56 Å². The molecule has 0 saturated carbocycles. The number of carbonyl (C=O) groups excluding carboxylic acids is 1. The molecule has 0 aliphatic rings. The lowest BCUT2D eigenvalue weighted by atomic mass is 10.2. The maximum absolute atomic E-state index is 13.0. The van der Waals surface area contributed by atoms with Crippen LogP contribution in [-0.4, -0.2) is 33.4 Å². The van der Waals surface area contributed by atoms with E-state index < -0.39 is 29.9 Å². The van der Waals surface area contributed by atoms with Gasteiger partial charge in [0.1, 0.15) is 6.54 Å². The average Bonchev–Trinajstić information content (AvgIpc) is 2.50. The van der Waals surface area contributed by atoms with Crippen LogP contribution >= 0.6 is 0 Å². The molecule has 2 aromatic rings. The topological polar surface area (TPSA) is 55.2 Å². The van der Waals surface area contributed by atoms with Crippen LogP contribution in [-0.2, 0) is 17.5 Å². The second kappa shape index (κ2) is 6.39. The predicted octanol–water partition coefficient (Wildman–Crippen LogP) is 2.28. The number of aromatic nitrogens is 2. The molecule has 0 N–H and O–H groups in total. The van der Waals surface area contributed by atoms with Gasteiger partial charge in [0, 0.05) is 13.1 Å². The van der Waals surface area contributed by atoms with E-state index in [1.807, 2.05) is 0 Å². The van der Waals surface area contributed by atoms with Crippen molar-refractivity contribution in [2.75, 3.05) is 13.1 Å². The highest BCUT2D eigenvalue weighted by Gasteiger charge is 2.37. The Bertz CT molecular complexity index is 780. The molecule has 1 amide bonds. The molecule has 2 rings (SSSR count). The fourth-order valence-electron chi connectivity index (χ4n) is 2.35. The summed E-state index contributed by atoms with van der Waals surface area (Å²) in [6.45, 7) is 3.90. The van der Waals surface area contributed by atoms with Crippen LogP contribution < -0.4 is 5.56 Å². The molecule has 1 heterocycles. The Hall–Kier alpha value is -2.38. The minimum atomic E-state index is -4.87. The zero-order chi connectivity index (χ0) is 17.2. The molecule has 1 aromatic carbocycles. The number of carbonyl (C=O) groups is 1. The summed E-state index contributed by atoms with van der Waals surface area (Å²) in [7, 11) is 0. The van der Waals surface area contributed by atoms with Gasteiger partial charge in [0.2, 0.25) is 11.6 Å². The molecule has 0 aliphatic carbocycles. The number of alkyl halides is 3. The number of rotatable bonds is 4. The van der Waals surface area contributed by atoms with Crippen LogP contribution in [0.25, 0.3) is 11.0 Å². The van der Waals surface area contributed by atoms with Crippen LogP contribution in [0.3, 0.4) is 0 Å². The number of amides is 1. The third-order valence-corrected chi connectivity index (χ3v) is 3.53. The van der Waals surface area contributed by atoms with Crippen molar-refractivity contribution in [2.45, 2.75) is 26.6 Å². The SMILES string of the molecule is CCN(CC)C(=O)Cn1c(=O)c(C(F)(F)F)nc2ccccc21. The monoisotopic (exact) mass is 327 g/mol. The molecule has 23 heavy (non-hydrogen) atoms. The van der Waals surface area contributed by atoms with E-state index in [-0.39, 0.29) is 11.0 Å². The Labute approximate surface area is 130 Å². The van der Waals surface area contributed by atoms with Crippen molar-refractivity contribution in [3.8, 4) is 0 Å². The summed E-state index contributed by atoms with van der Waals surface area (Å²) in [4.78, 5) is 29.2. The molecule has 8 heteroatoms. The van der Waals surface area contributed by atoms with Gasteiger partial charge in [0.15, 0.2) is 0 Å². The molecule has 0 spiro atoms. The Kier molecular flexibility index (Phi) is 4.72. The molecule has 0 radical (unpaired) electrons. The largest absolute Gasteiger partial charge is 0.438 e. The summed E-state index contributed by atoms with van der Waals surface area (Å²) in [5.41, 5.74) is -2.60. The van der Waals surface area contributed by atoms with Crippen molar-refractivity contribution in [1.82, 2.24) is 14.5 Å². The summed E-state index contributed by atoms with van der Waals surface area (Å²) in [5, 5.41) is 0. The third kappa shape index (κ3) is 3.35. The lowest BCUT2D eigenvalue weighted by Crippen LogP contribution is -2.38. The van der Waals surface area contributed by atoms with Crippen molar-refractivity contribution >= 4 is 16.9 Å². The maximum Gasteiger partial charge on any atom is 0.438 e. The molecular formula is C15H16F3N3O2. The molecule has 0 atom stereocenters. The van der Waals surface area contributed by atoms with Crippen molar-refractivity contribution in [2.24, 2.45) is 0 Å². The lowest BCUT2D eigenvalue weighted by molar-refractivity contribution is -0.142. The highest BCUT2D eigenvalue weighted by atomic mass is 19.4. The van der Waals surface area contributed by atoms with E-state index in [0.29, 0.717) is 13.1 Å². The number of para-hydroxylation sites is 2. The first-order valence-corrected chi connectivity index (χ1v) is 7.14. The van der Waals surface area contributed by atoms with Crippen LogP contribution in [0.15, 0.2) is 29.1 Å². The van der Waals surface area contributed by atoms with E-state index in [2.05, 4.69) is 4.98 Å². The summed E-state index contributed by atoms with van der Waals surface area (Å²) in [6.07, 6.45) is -4.87. The van der Waals surface area contributed by atoms with Gasteiger partial charge in [-0.3, -0.25) is 14.2 Å². The number of likely N-dealkylation sites (N-methyl/N-ethyl adjacent to an activating group) is 1. The van der Waals surface area contributed by atoms with Gasteiger partial charge in [-0.1, -0.05) is 12.1 Å². The smallest absolute Gasteiger partial charge is 0.342 e. The fraction of sp³-hybridized carbons (Fsp3) is 0.400. The summed E-state index contributed by atoms with van der Waals surface area (Å²) in [5.74, 6) is -0.415. The first kappa shape index (κ1) is 17.0. The van der Waals surface area contributed by atoms with Crippen LogP contribution in [0.2, 0.25) is 0 Å². The van der Waals surface area contributed by atoms with Crippen molar-refractivity contribution in [3.05, 3.63) is 40.3 Å². The summed E-state index contributed by atoms with van der Waals surface area (Å²) in [6, 6.07) is 5.95. The van der Waals surface area contributed by atoms with Crippen LogP contribution in [0, 0.1) is 0 Å². The Morgan fingerprint density at radius 3 is 2.39 bits per heavy atom. The standard InChI is InChI=1S/C15H16F3N3O2/c1-3-20(4-2)12(22)9-21-11-8-6-5-7-10(11)19-13(14(21)23)15(16,17)18/h5-8H,3-4,9H2,1-2H3. The van der Waals surface area contributed by atoms with Crippen LogP contribution in [0.1, 0.15) is 19.5 Å². The van der Waals surface area contributed by atoms with Gasteiger partial charge in [0.05, 0.1) is 11.0 Å². The number of hydrogen-bond donors (Lipinski definition) is 0. The van der Waals surface area contributed by atoms with Crippen LogP contribution in [0.4, 0.5) is 13.2 Å². The van der Waals surface area contributed by atoms with E-state index in [1.54, 1.807) is 19.9 Å². The Balaban J connectivity index is 2.64. The van der Waals surface area contributed by atoms with Crippen molar-refractivity contribution in [1.29, 1.82) is 0 Å². The number of hydrogen-bond acceptors (Lipinski definition) is 3. The molecule has 0 unspecified atom stereocenters. The van der Waals surface area contributed by atoms with Crippen molar-refractivity contribution < 1.29 is 18.0 Å². The number of halogens is 3. The average molecular weight is 327 g/mol.